The van der Waals surface area contributed by atoms with Gasteiger partial charge in [0.15, 0.2) is 5.82 Å². The second-order valence-electron chi connectivity index (χ2n) is 6.04. The van der Waals surface area contributed by atoms with Crippen molar-refractivity contribution in [2.45, 2.75) is 27.2 Å². The minimum Gasteiger partial charge on any atom is -0.318 e. The molecule has 0 saturated carbocycles. The Balaban J connectivity index is 1.94. The number of aromatic nitrogens is 1. The summed E-state index contributed by atoms with van der Waals surface area (Å²) in [6.45, 7) is 6.16. The summed E-state index contributed by atoms with van der Waals surface area (Å²) in [5.74, 6) is -1.27. The van der Waals surface area contributed by atoms with Crippen molar-refractivity contribution in [1.29, 1.82) is 0 Å². The second-order valence-corrected chi connectivity index (χ2v) is 6.04. The predicted molar refractivity (Wildman–Crippen MR) is 98.2 cm³/mol. The Labute approximate surface area is 146 Å². The smallest absolute Gasteiger partial charge is 0.151 e. The third kappa shape index (κ3) is 3.53. The number of aryl methyl sites for hydroxylation is 2. The van der Waals surface area contributed by atoms with Gasteiger partial charge in [-0.2, -0.15) is 0 Å². The maximum atomic E-state index is 13.7. The molecule has 1 aromatic heterocycles. The molecule has 0 aliphatic carbocycles. The molecule has 4 heteroatoms. The van der Waals surface area contributed by atoms with Crippen molar-refractivity contribution in [1.82, 2.24) is 4.57 Å². The predicted octanol–water partition coefficient (Wildman–Crippen LogP) is 5.69. The van der Waals surface area contributed by atoms with Crippen LogP contribution >= 0.6 is 0 Å². The van der Waals surface area contributed by atoms with E-state index >= 15 is 0 Å². The van der Waals surface area contributed by atoms with E-state index in [4.69, 9.17) is 0 Å². The SMILES string of the molecule is CCc1ccc(-n2c(C)cc(C=Nc3ccc(F)cc3F)c2C)cc1. The molecule has 0 radical (unpaired) electrons. The zero-order valence-electron chi connectivity index (χ0n) is 14.6. The van der Waals surface area contributed by atoms with E-state index in [9.17, 15) is 8.78 Å². The molecule has 0 saturated heterocycles. The molecule has 0 N–H and O–H groups in total. The van der Waals surface area contributed by atoms with Gasteiger partial charge in [-0.25, -0.2) is 8.78 Å². The third-order valence-electron chi connectivity index (χ3n) is 4.33. The molecular weight excluding hydrogens is 318 g/mol. The minimum atomic E-state index is -0.666. The topological polar surface area (TPSA) is 17.3 Å². The van der Waals surface area contributed by atoms with Crippen molar-refractivity contribution in [3.8, 4) is 5.69 Å². The molecule has 25 heavy (non-hydrogen) atoms. The van der Waals surface area contributed by atoms with Gasteiger partial charge in [0, 0.05) is 34.9 Å². The Hall–Kier alpha value is -2.75. The van der Waals surface area contributed by atoms with E-state index < -0.39 is 11.6 Å². The maximum absolute atomic E-state index is 13.7. The lowest BCUT2D eigenvalue weighted by Crippen LogP contribution is -1.99. The zero-order valence-corrected chi connectivity index (χ0v) is 14.6. The largest absolute Gasteiger partial charge is 0.318 e. The van der Waals surface area contributed by atoms with E-state index in [-0.39, 0.29) is 5.69 Å². The van der Waals surface area contributed by atoms with E-state index in [0.717, 1.165) is 35.1 Å². The number of hydrogen-bond donors (Lipinski definition) is 0. The molecule has 0 aliphatic heterocycles. The van der Waals surface area contributed by atoms with Crippen molar-refractivity contribution in [2.24, 2.45) is 4.99 Å². The monoisotopic (exact) mass is 338 g/mol. The molecule has 2 nitrogen and oxygen atoms in total. The molecule has 0 bridgehead atoms. The van der Waals surface area contributed by atoms with E-state index in [0.29, 0.717) is 0 Å². The Morgan fingerprint density at radius 2 is 1.72 bits per heavy atom. The summed E-state index contributed by atoms with van der Waals surface area (Å²) < 4.78 is 28.8. The van der Waals surface area contributed by atoms with Crippen LogP contribution < -0.4 is 0 Å². The summed E-state index contributed by atoms with van der Waals surface area (Å²) in [5.41, 5.74) is 5.50. The Kier molecular flexibility index (Phi) is 4.79. The summed E-state index contributed by atoms with van der Waals surface area (Å²) >= 11 is 0. The summed E-state index contributed by atoms with van der Waals surface area (Å²) in [6, 6.07) is 13.8. The van der Waals surface area contributed by atoms with Gasteiger partial charge in [-0.3, -0.25) is 4.99 Å². The van der Waals surface area contributed by atoms with Gasteiger partial charge >= 0.3 is 0 Å². The number of rotatable bonds is 4. The highest BCUT2D eigenvalue weighted by atomic mass is 19.1. The lowest BCUT2D eigenvalue weighted by atomic mass is 10.1. The van der Waals surface area contributed by atoms with Crippen LogP contribution in [0.3, 0.4) is 0 Å². The van der Waals surface area contributed by atoms with Crippen molar-refractivity contribution < 1.29 is 8.78 Å². The quantitative estimate of drug-likeness (QED) is 0.544. The highest BCUT2D eigenvalue weighted by Crippen LogP contribution is 2.22. The van der Waals surface area contributed by atoms with Crippen LogP contribution in [0.4, 0.5) is 14.5 Å². The Morgan fingerprint density at radius 3 is 2.36 bits per heavy atom. The first kappa shape index (κ1) is 17.1. The van der Waals surface area contributed by atoms with E-state index in [1.54, 1.807) is 6.21 Å². The molecule has 0 atom stereocenters. The summed E-state index contributed by atoms with van der Waals surface area (Å²) in [4.78, 5) is 4.17. The average molecular weight is 338 g/mol. The van der Waals surface area contributed by atoms with Crippen LogP contribution in [0.15, 0.2) is 53.5 Å². The fourth-order valence-electron chi connectivity index (χ4n) is 2.92. The molecule has 0 unspecified atom stereocenters. The van der Waals surface area contributed by atoms with Crippen molar-refractivity contribution in [3.63, 3.8) is 0 Å². The van der Waals surface area contributed by atoms with Gasteiger partial charge in [0.2, 0.25) is 0 Å². The normalized spacial score (nSPS) is 11.4. The summed E-state index contributed by atoms with van der Waals surface area (Å²) in [5, 5.41) is 0. The molecule has 2 aromatic carbocycles. The molecule has 0 aliphatic rings. The molecule has 0 fully saturated rings. The number of nitrogens with zero attached hydrogens (tertiary/aromatic N) is 2. The first-order valence-corrected chi connectivity index (χ1v) is 8.27. The van der Waals surface area contributed by atoms with Crippen molar-refractivity contribution >= 4 is 11.9 Å². The number of hydrogen-bond acceptors (Lipinski definition) is 1. The Morgan fingerprint density at radius 1 is 1.00 bits per heavy atom. The molecule has 3 rings (SSSR count). The summed E-state index contributed by atoms with van der Waals surface area (Å²) in [6.07, 6.45) is 2.63. The number of benzene rings is 2. The molecular formula is C21H20F2N2. The zero-order chi connectivity index (χ0) is 18.0. The number of aliphatic imine (C=N–C) groups is 1. The van der Waals surface area contributed by atoms with Gasteiger partial charge in [-0.15, -0.1) is 0 Å². The highest BCUT2D eigenvalue weighted by Gasteiger charge is 2.10. The van der Waals surface area contributed by atoms with Crippen LogP contribution in [-0.4, -0.2) is 10.8 Å². The molecule has 1 heterocycles. The van der Waals surface area contributed by atoms with Gasteiger partial charge < -0.3 is 4.57 Å². The van der Waals surface area contributed by atoms with Gasteiger partial charge in [0.05, 0.1) is 5.69 Å². The fraction of sp³-hybridized carbons (Fsp3) is 0.190. The van der Waals surface area contributed by atoms with Crippen LogP contribution in [0.1, 0.15) is 29.4 Å². The van der Waals surface area contributed by atoms with Crippen LogP contribution in [0.5, 0.6) is 0 Å². The average Bonchev–Trinajstić information content (AvgIpc) is 2.88. The van der Waals surface area contributed by atoms with Crippen molar-refractivity contribution in [3.05, 3.63) is 82.7 Å². The third-order valence-corrected chi connectivity index (χ3v) is 4.33. The lowest BCUT2D eigenvalue weighted by Gasteiger charge is -2.10. The van der Waals surface area contributed by atoms with Crippen LogP contribution in [0, 0.1) is 25.5 Å². The number of halogens is 2. The van der Waals surface area contributed by atoms with Gasteiger partial charge in [0.25, 0.3) is 0 Å². The first-order chi connectivity index (χ1) is 12.0. The maximum Gasteiger partial charge on any atom is 0.151 e. The first-order valence-electron chi connectivity index (χ1n) is 8.27. The molecule has 128 valence electrons. The standard InChI is InChI=1S/C21H20F2N2/c1-4-16-5-8-19(9-6-16)25-14(2)11-17(15(25)3)13-24-21-10-7-18(22)12-20(21)23/h5-13H,4H2,1-3H3. The minimum absolute atomic E-state index is 0.124. The van der Waals surface area contributed by atoms with Crippen LogP contribution in [0.2, 0.25) is 0 Å². The van der Waals surface area contributed by atoms with Gasteiger partial charge in [0.1, 0.15) is 5.82 Å². The molecule has 3 aromatic rings. The van der Waals surface area contributed by atoms with Crippen LogP contribution in [-0.2, 0) is 6.42 Å². The van der Waals surface area contributed by atoms with E-state index in [1.165, 1.54) is 17.7 Å². The Bertz CT molecular complexity index is 922. The van der Waals surface area contributed by atoms with Crippen LogP contribution in [0.25, 0.3) is 5.69 Å². The van der Waals surface area contributed by atoms with E-state index in [2.05, 4.69) is 40.7 Å². The summed E-state index contributed by atoms with van der Waals surface area (Å²) in [7, 11) is 0. The molecule has 0 amide bonds. The van der Waals surface area contributed by atoms with Gasteiger partial charge in [-0.1, -0.05) is 19.1 Å². The fourth-order valence-corrected chi connectivity index (χ4v) is 2.92. The lowest BCUT2D eigenvalue weighted by molar-refractivity contribution is 0.585. The second kappa shape index (κ2) is 7.01. The van der Waals surface area contributed by atoms with Gasteiger partial charge in [-0.05, 0) is 56.2 Å². The molecule has 0 spiro atoms. The highest BCUT2D eigenvalue weighted by molar-refractivity contribution is 5.84. The van der Waals surface area contributed by atoms with Crippen molar-refractivity contribution in [2.75, 3.05) is 0 Å². The van der Waals surface area contributed by atoms with E-state index in [1.807, 2.05) is 19.9 Å².